The maximum atomic E-state index is 5.71. The first kappa shape index (κ1) is 20.5. The number of aryl methyl sites for hydroxylation is 1. The van der Waals surface area contributed by atoms with E-state index in [1.807, 2.05) is 49.6 Å². The average molecular weight is 392 g/mol. The second-order valence-electron chi connectivity index (χ2n) is 6.79. The number of nitrogens with zero attached hydrogens (tertiary/aromatic N) is 3. The Labute approximate surface area is 172 Å². The molecule has 0 aliphatic heterocycles. The summed E-state index contributed by atoms with van der Waals surface area (Å²) in [6.07, 6.45) is 4.74. The molecule has 29 heavy (non-hydrogen) atoms. The molecule has 3 aromatic rings. The van der Waals surface area contributed by atoms with E-state index in [4.69, 9.17) is 4.74 Å². The maximum Gasteiger partial charge on any atom is 0.191 e. The van der Waals surface area contributed by atoms with Crippen molar-refractivity contribution in [2.45, 2.75) is 26.4 Å². The van der Waals surface area contributed by atoms with E-state index in [1.54, 1.807) is 7.05 Å². The number of para-hydroxylation sites is 1. The minimum atomic E-state index is 0.670. The van der Waals surface area contributed by atoms with E-state index in [2.05, 4.69) is 49.4 Å². The fraction of sp³-hybridized carbons (Fsp3) is 0.304. The van der Waals surface area contributed by atoms with Gasteiger partial charge in [0.25, 0.3) is 0 Å². The van der Waals surface area contributed by atoms with Crippen LogP contribution in [0.4, 0.5) is 0 Å². The number of hydrogen-bond acceptors (Lipinski definition) is 3. The van der Waals surface area contributed by atoms with Crippen molar-refractivity contribution in [3.8, 4) is 5.75 Å². The highest BCUT2D eigenvalue weighted by Gasteiger charge is 2.02. The van der Waals surface area contributed by atoms with Crippen molar-refractivity contribution in [3.05, 3.63) is 83.9 Å². The van der Waals surface area contributed by atoms with Crippen LogP contribution < -0.4 is 15.4 Å². The third-order valence-electron chi connectivity index (χ3n) is 4.58. The molecule has 6 heteroatoms. The van der Waals surface area contributed by atoms with Crippen LogP contribution in [-0.4, -0.2) is 35.7 Å². The van der Waals surface area contributed by atoms with Crippen LogP contribution in [0.1, 0.15) is 23.4 Å². The van der Waals surface area contributed by atoms with Gasteiger partial charge in [-0.15, -0.1) is 0 Å². The van der Waals surface area contributed by atoms with E-state index in [1.165, 1.54) is 11.1 Å². The molecule has 0 atom stereocenters. The first-order chi connectivity index (χ1) is 14.2. The molecule has 0 saturated heterocycles. The molecule has 0 radical (unpaired) electrons. The van der Waals surface area contributed by atoms with Gasteiger partial charge in [0, 0.05) is 39.1 Å². The van der Waals surface area contributed by atoms with Gasteiger partial charge in [-0.3, -0.25) is 4.99 Å². The number of imidazole rings is 1. The number of ether oxygens (including phenoxy) is 1. The molecule has 1 aromatic heterocycles. The first-order valence-corrected chi connectivity index (χ1v) is 9.92. The van der Waals surface area contributed by atoms with Crippen LogP contribution in [-0.2, 0) is 13.1 Å². The summed E-state index contributed by atoms with van der Waals surface area (Å²) in [5, 5.41) is 6.70. The highest BCUT2D eigenvalue weighted by Crippen LogP contribution is 2.09. The lowest BCUT2D eigenvalue weighted by molar-refractivity contribution is 0.311. The van der Waals surface area contributed by atoms with Crippen molar-refractivity contribution < 1.29 is 4.74 Å². The zero-order valence-electron chi connectivity index (χ0n) is 17.1. The largest absolute Gasteiger partial charge is 0.494 e. The predicted octanol–water partition coefficient (Wildman–Crippen LogP) is 3.37. The third kappa shape index (κ3) is 6.68. The van der Waals surface area contributed by atoms with Gasteiger partial charge in [-0.2, -0.15) is 0 Å². The van der Waals surface area contributed by atoms with Crippen molar-refractivity contribution in [1.29, 1.82) is 0 Å². The van der Waals surface area contributed by atoms with Crippen LogP contribution in [0.3, 0.4) is 0 Å². The van der Waals surface area contributed by atoms with E-state index in [0.29, 0.717) is 6.61 Å². The minimum absolute atomic E-state index is 0.670. The van der Waals surface area contributed by atoms with Gasteiger partial charge in [-0.25, -0.2) is 4.98 Å². The lowest BCUT2D eigenvalue weighted by Crippen LogP contribution is -2.37. The van der Waals surface area contributed by atoms with Gasteiger partial charge in [0.2, 0.25) is 0 Å². The second-order valence-corrected chi connectivity index (χ2v) is 6.79. The van der Waals surface area contributed by atoms with Crippen LogP contribution in [0, 0.1) is 6.92 Å². The van der Waals surface area contributed by atoms with Crippen molar-refractivity contribution in [2.75, 3.05) is 20.2 Å². The van der Waals surface area contributed by atoms with E-state index in [0.717, 1.165) is 43.6 Å². The first-order valence-electron chi connectivity index (χ1n) is 9.92. The summed E-state index contributed by atoms with van der Waals surface area (Å²) in [6.45, 7) is 5.03. The Morgan fingerprint density at radius 3 is 2.66 bits per heavy atom. The summed E-state index contributed by atoms with van der Waals surface area (Å²) >= 11 is 0. The summed E-state index contributed by atoms with van der Waals surface area (Å²) in [6, 6.07) is 18.4. The topological polar surface area (TPSA) is 63.5 Å². The molecule has 0 unspecified atom stereocenters. The fourth-order valence-corrected chi connectivity index (χ4v) is 3.00. The zero-order valence-corrected chi connectivity index (χ0v) is 17.1. The lowest BCUT2D eigenvalue weighted by atomic mass is 10.1. The smallest absolute Gasteiger partial charge is 0.191 e. The molecule has 3 rings (SSSR count). The van der Waals surface area contributed by atoms with Gasteiger partial charge in [0.15, 0.2) is 5.96 Å². The number of hydrogen-bond donors (Lipinski definition) is 2. The normalized spacial score (nSPS) is 11.3. The molecule has 0 spiro atoms. The van der Waals surface area contributed by atoms with Gasteiger partial charge in [-0.1, -0.05) is 42.5 Å². The molecule has 152 valence electrons. The Balaban J connectivity index is 1.40. The molecule has 0 saturated carbocycles. The number of aromatic nitrogens is 2. The van der Waals surface area contributed by atoms with Crippen molar-refractivity contribution in [2.24, 2.45) is 4.99 Å². The summed E-state index contributed by atoms with van der Waals surface area (Å²) in [7, 11) is 1.79. The SMILES string of the molecule is CN=C(NCCCOc1ccccc1)NCc1cccc(Cn2ccnc2C)c1. The molecule has 0 bridgehead atoms. The molecule has 0 aliphatic rings. The standard InChI is InChI=1S/C23H29N5O/c1-19-25-13-14-28(19)18-21-9-6-8-20(16-21)17-27-23(24-2)26-12-7-15-29-22-10-4-3-5-11-22/h3-6,8-11,13-14,16H,7,12,15,17-18H2,1-2H3,(H2,24,26,27). The Morgan fingerprint density at radius 1 is 1.07 bits per heavy atom. The van der Waals surface area contributed by atoms with Gasteiger partial charge in [-0.05, 0) is 36.6 Å². The number of rotatable bonds is 9. The molecule has 2 aromatic carbocycles. The van der Waals surface area contributed by atoms with E-state index in [-0.39, 0.29) is 0 Å². The monoisotopic (exact) mass is 391 g/mol. The van der Waals surface area contributed by atoms with Gasteiger partial charge >= 0.3 is 0 Å². The molecule has 6 nitrogen and oxygen atoms in total. The summed E-state index contributed by atoms with van der Waals surface area (Å²) in [4.78, 5) is 8.58. The molecular weight excluding hydrogens is 362 g/mol. The van der Waals surface area contributed by atoms with E-state index < -0.39 is 0 Å². The van der Waals surface area contributed by atoms with Crippen molar-refractivity contribution in [1.82, 2.24) is 20.2 Å². The Hall–Kier alpha value is -3.28. The summed E-state index contributed by atoms with van der Waals surface area (Å²) in [5.41, 5.74) is 2.47. The predicted molar refractivity (Wildman–Crippen MR) is 117 cm³/mol. The molecule has 1 heterocycles. The van der Waals surface area contributed by atoms with Crippen molar-refractivity contribution in [3.63, 3.8) is 0 Å². The van der Waals surface area contributed by atoms with Gasteiger partial charge in [0.05, 0.1) is 6.61 Å². The van der Waals surface area contributed by atoms with Crippen LogP contribution >= 0.6 is 0 Å². The molecule has 0 aliphatic carbocycles. The highest BCUT2D eigenvalue weighted by molar-refractivity contribution is 5.79. The maximum absolute atomic E-state index is 5.71. The second kappa shape index (κ2) is 10.9. The number of nitrogens with one attached hydrogen (secondary N) is 2. The Bertz CT molecular complexity index is 904. The molecule has 0 amide bonds. The van der Waals surface area contributed by atoms with Crippen LogP contribution in [0.2, 0.25) is 0 Å². The van der Waals surface area contributed by atoms with Gasteiger partial charge in [0.1, 0.15) is 11.6 Å². The van der Waals surface area contributed by atoms with Crippen molar-refractivity contribution >= 4 is 5.96 Å². The molecule has 2 N–H and O–H groups in total. The minimum Gasteiger partial charge on any atom is -0.494 e. The van der Waals surface area contributed by atoms with E-state index in [9.17, 15) is 0 Å². The van der Waals surface area contributed by atoms with E-state index >= 15 is 0 Å². The lowest BCUT2D eigenvalue weighted by Gasteiger charge is -2.13. The summed E-state index contributed by atoms with van der Waals surface area (Å²) < 4.78 is 7.85. The molecule has 0 fully saturated rings. The van der Waals surface area contributed by atoms with Crippen LogP contribution in [0.15, 0.2) is 72.0 Å². The average Bonchev–Trinajstić information content (AvgIpc) is 3.15. The van der Waals surface area contributed by atoms with Crippen LogP contribution in [0.5, 0.6) is 5.75 Å². The number of benzene rings is 2. The zero-order chi connectivity index (χ0) is 20.3. The number of guanidine groups is 1. The fourth-order valence-electron chi connectivity index (χ4n) is 3.00. The Morgan fingerprint density at radius 2 is 1.90 bits per heavy atom. The van der Waals surface area contributed by atoms with Gasteiger partial charge < -0.3 is 19.9 Å². The Kier molecular flexibility index (Phi) is 7.69. The summed E-state index contributed by atoms with van der Waals surface area (Å²) in [5.74, 6) is 2.72. The third-order valence-corrected chi connectivity index (χ3v) is 4.58. The number of aliphatic imine (C=N–C) groups is 1. The quantitative estimate of drug-likeness (QED) is 0.333. The molecular formula is C23H29N5O. The van der Waals surface area contributed by atoms with Crippen LogP contribution in [0.25, 0.3) is 0 Å². The highest BCUT2D eigenvalue weighted by atomic mass is 16.5.